The number of rotatable bonds is 11. The Bertz CT molecular complexity index is 1040. The molecule has 0 amide bonds. The molecule has 0 spiro atoms. The monoisotopic (exact) mass is 484 g/mol. The van der Waals surface area contributed by atoms with Gasteiger partial charge in [-0.05, 0) is 115 Å². The first-order chi connectivity index (χ1) is 16.5. The SMILES string of the molecule is CCOCOc1c(C)c(C)c2c(c1C)CCC(C)(CCCc1ccc(OC(C)(C)C(=O)O)cc1)O2. The van der Waals surface area contributed by atoms with Crippen LogP contribution in [0.1, 0.15) is 74.8 Å². The van der Waals surface area contributed by atoms with Crippen LogP contribution < -0.4 is 14.2 Å². The first kappa shape index (κ1) is 26.9. The molecule has 1 atom stereocenters. The summed E-state index contributed by atoms with van der Waals surface area (Å²) in [4.78, 5) is 11.3. The van der Waals surface area contributed by atoms with E-state index in [1.807, 2.05) is 31.2 Å². The molecule has 1 aliphatic rings. The number of ether oxygens (including phenoxy) is 4. The molecule has 0 aromatic heterocycles. The Balaban J connectivity index is 1.62. The maximum absolute atomic E-state index is 11.3. The molecule has 2 aromatic carbocycles. The van der Waals surface area contributed by atoms with Gasteiger partial charge in [-0.25, -0.2) is 4.79 Å². The normalized spacial score (nSPS) is 17.5. The molecule has 0 radical (unpaired) electrons. The number of benzene rings is 2. The quantitative estimate of drug-likeness (QED) is 0.297. The Hall–Kier alpha value is -2.73. The standard InChI is InChI=1S/C29H40O6/c1-8-32-18-33-25-19(2)20(3)26-24(21(25)4)15-17-29(7,35-26)16-9-10-22-11-13-23(14-12-22)34-28(5,6)27(30)31/h11-14H,8-10,15-18H2,1-7H3,(H,30,31). The van der Waals surface area contributed by atoms with Crippen LogP contribution in [-0.2, 0) is 22.4 Å². The van der Waals surface area contributed by atoms with Gasteiger partial charge in [0.15, 0.2) is 12.4 Å². The molecule has 192 valence electrons. The predicted octanol–water partition coefficient (Wildman–Crippen LogP) is 6.33. The molecule has 0 bridgehead atoms. The van der Waals surface area contributed by atoms with Crippen LogP contribution in [0.3, 0.4) is 0 Å². The molecule has 1 heterocycles. The van der Waals surface area contributed by atoms with Crippen molar-refractivity contribution >= 4 is 5.97 Å². The predicted molar refractivity (Wildman–Crippen MR) is 137 cm³/mol. The molecule has 35 heavy (non-hydrogen) atoms. The van der Waals surface area contributed by atoms with E-state index in [9.17, 15) is 9.90 Å². The van der Waals surface area contributed by atoms with Gasteiger partial charge >= 0.3 is 5.97 Å². The summed E-state index contributed by atoms with van der Waals surface area (Å²) in [5.41, 5.74) is 4.38. The summed E-state index contributed by atoms with van der Waals surface area (Å²) < 4.78 is 23.6. The number of aliphatic carboxylic acids is 1. The van der Waals surface area contributed by atoms with E-state index < -0.39 is 11.6 Å². The summed E-state index contributed by atoms with van der Waals surface area (Å²) in [6.07, 6.45) is 4.81. The number of fused-ring (bicyclic) bond motifs is 1. The van der Waals surface area contributed by atoms with Crippen LogP contribution in [0.25, 0.3) is 0 Å². The van der Waals surface area contributed by atoms with Gasteiger partial charge < -0.3 is 24.1 Å². The maximum atomic E-state index is 11.3. The van der Waals surface area contributed by atoms with Crippen molar-refractivity contribution in [2.75, 3.05) is 13.4 Å². The van der Waals surface area contributed by atoms with Gasteiger partial charge in [0.2, 0.25) is 0 Å². The van der Waals surface area contributed by atoms with Crippen molar-refractivity contribution < 1.29 is 28.8 Å². The first-order valence-corrected chi connectivity index (χ1v) is 12.5. The van der Waals surface area contributed by atoms with Crippen molar-refractivity contribution in [2.24, 2.45) is 0 Å². The van der Waals surface area contributed by atoms with E-state index >= 15 is 0 Å². The van der Waals surface area contributed by atoms with Gasteiger partial charge in [-0.15, -0.1) is 0 Å². The Morgan fingerprint density at radius 2 is 1.80 bits per heavy atom. The fourth-order valence-corrected chi connectivity index (χ4v) is 4.59. The zero-order chi connectivity index (χ0) is 25.8. The van der Waals surface area contributed by atoms with E-state index in [-0.39, 0.29) is 12.4 Å². The van der Waals surface area contributed by atoms with E-state index in [4.69, 9.17) is 18.9 Å². The number of carboxylic acids is 1. The van der Waals surface area contributed by atoms with Crippen LogP contribution in [0.2, 0.25) is 0 Å². The van der Waals surface area contributed by atoms with Crippen LogP contribution in [0, 0.1) is 20.8 Å². The first-order valence-electron chi connectivity index (χ1n) is 12.5. The largest absolute Gasteiger partial charge is 0.487 e. The summed E-state index contributed by atoms with van der Waals surface area (Å²) >= 11 is 0. The van der Waals surface area contributed by atoms with Gasteiger partial charge in [0.25, 0.3) is 0 Å². The van der Waals surface area contributed by atoms with Gasteiger partial charge in [0, 0.05) is 12.2 Å². The van der Waals surface area contributed by atoms with E-state index in [2.05, 4.69) is 27.7 Å². The molecular formula is C29H40O6. The average Bonchev–Trinajstić information content (AvgIpc) is 2.80. The lowest BCUT2D eigenvalue weighted by Crippen LogP contribution is -2.37. The molecule has 1 aliphatic heterocycles. The van der Waals surface area contributed by atoms with Crippen LogP contribution in [0.4, 0.5) is 0 Å². The fourth-order valence-electron chi connectivity index (χ4n) is 4.59. The van der Waals surface area contributed by atoms with E-state index in [0.29, 0.717) is 12.4 Å². The number of carbonyl (C=O) groups is 1. The zero-order valence-electron chi connectivity index (χ0n) is 22.2. The minimum absolute atomic E-state index is 0.209. The third-order valence-electron chi connectivity index (χ3n) is 7.04. The van der Waals surface area contributed by atoms with Gasteiger partial charge in [0.05, 0.1) is 0 Å². The molecule has 3 rings (SSSR count). The van der Waals surface area contributed by atoms with Crippen molar-refractivity contribution in [2.45, 2.75) is 91.8 Å². The van der Waals surface area contributed by atoms with Gasteiger partial charge in [0.1, 0.15) is 22.8 Å². The lowest BCUT2D eigenvalue weighted by atomic mass is 9.84. The van der Waals surface area contributed by atoms with Gasteiger partial charge in [-0.1, -0.05) is 12.1 Å². The Morgan fingerprint density at radius 1 is 1.11 bits per heavy atom. The Labute approximate surface area is 209 Å². The van der Waals surface area contributed by atoms with Crippen molar-refractivity contribution in [3.8, 4) is 17.2 Å². The lowest BCUT2D eigenvalue weighted by Gasteiger charge is -2.38. The van der Waals surface area contributed by atoms with Crippen LogP contribution >= 0.6 is 0 Å². The second kappa shape index (κ2) is 10.9. The summed E-state index contributed by atoms with van der Waals surface area (Å²) in [7, 11) is 0. The molecule has 6 heteroatoms. The van der Waals surface area contributed by atoms with Crippen LogP contribution in [0.5, 0.6) is 17.2 Å². The molecule has 0 aliphatic carbocycles. The highest BCUT2D eigenvalue weighted by Crippen LogP contribution is 2.44. The molecule has 6 nitrogen and oxygen atoms in total. The molecule has 2 aromatic rings. The minimum Gasteiger partial charge on any atom is -0.487 e. The van der Waals surface area contributed by atoms with Crippen LogP contribution in [0.15, 0.2) is 24.3 Å². The Kier molecular flexibility index (Phi) is 8.37. The van der Waals surface area contributed by atoms with E-state index in [1.165, 1.54) is 11.1 Å². The van der Waals surface area contributed by atoms with Crippen molar-refractivity contribution in [1.82, 2.24) is 0 Å². The fraction of sp³-hybridized carbons (Fsp3) is 0.552. The van der Waals surface area contributed by atoms with Gasteiger partial charge in [-0.3, -0.25) is 0 Å². The smallest absolute Gasteiger partial charge is 0.347 e. The second-order valence-corrected chi connectivity index (χ2v) is 10.2. The second-order valence-electron chi connectivity index (χ2n) is 10.2. The minimum atomic E-state index is -1.25. The van der Waals surface area contributed by atoms with E-state index in [0.717, 1.165) is 60.3 Å². The molecule has 1 N–H and O–H groups in total. The topological polar surface area (TPSA) is 74.2 Å². The highest BCUT2D eigenvalue weighted by Gasteiger charge is 2.34. The molecule has 1 unspecified atom stereocenters. The zero-order valence-corrected chi connectivity index (χ0v) is 22.2. The summed E-state index contributed by atoms with van der Waals surface area (Å²) in [6, 6.07) is 7.70. The molecular weight excluding hydrogens is 444 g/mol. The summed E-state index contributed by atoms with van der Waals surface area (Å²) in [5.74, 6) is 1.51. The molecule has 0 saturated heterocycles. The Morgan fingerprint density at radius 3 is 2.43 bits per heavy atom. The van der Waals surface area contributed by atoms with Gasteiger partial charge in [-0.2, -0.15) is 0 Å². The highest BCUT2D eigenvalue weighted by molar-refractivity contribution is 5.76. The van der Waals surface area contributed by atoms with Crippen molar-refractivity contribution in [1.29, 1.82) is 0 Å². The number of aryl methyl sites for hydroxylation is 1. The van der Waals surface area contributed by atoms with E-state index in [1.54, 1.807) is 13.8 Å². The lowest BCUT2D eigenvalue weighted by molar-refractivity contribution is -0.152. The molecule has 0 fully saturated rings. The van der Waals surface area contributed by atoms with Crippen molar-refractivity contribution in [3.05, 3.63) is 52.1 Å². The summed E-state index contributed by atoms with van der Waals surface area (Å²) in [6.45, 7) is 14.5. The highest BCUT2D eigenvalue weighted by atomic mass is 16.7. The molecule has 0 saturated carbocycles. The van der Waals surface area contributed by atoms with Crippen LogP contribution in [-0.4, -0.2) is 35.7 Å². The third kappa shape index (κ3) is 6.29. The van der Waals surface area contributed by atoms with Crippen molar-refractivity contribution in [3.63, 3.8) is 0 Å². The third-order valence-corrected chi connectivity index (χ3v) is 7.04. The number of carboxylic acid groups (broad SMARTS) is 1. The number of hydrogen-bond donors (Lipinski definition) is 1. The average molecular weight is 485 g/mol. The number of hydrogen-bond acceptors (Lipinski definition) is 5. The summed E-state index contributed by atoms with van der Waals surface area (Å²) in [5, 5.41) is 9.24. The maximum Gasteiger partial charge on any atom is 0.347 e.